The van der Waals surface area contributed by atoms with Crippen LogP contribution in [0.1, 0.15) is 12.5 Å². The average molecular weight is 260 g/mol. The van der Waals surface area contributed by atoms with E-state index in [2.05, 4.69) is 4.98 Å². The second-order valence-electron chi connectivity index (χ2n) is 4.61. The zero-order valence-corrected chi connectivity index (χ0v) is 10.9. The van der Waals surface area contributed by atoms with Crippen molar-refractivity contribution in [3.63, 3.8) is 0 Å². The van der Waals surface area contributed by atoms with Crippen LogP contribution in [-0.2, 0) is 16.1 Å². The van der Waals surface area contributed by atoms with Gasteiger partial charge in [0.2, 0.25) is 5.91 Å². The molecule has 0 spiro atoms. The van der Waals surface area contributed by atoms with Crippen molar-refractivity contribution in [1.29, 1.82) is 0 Å². The molecule has 2 rings (SSSR count). The van der Waals surface area contributed by atoms with Crippen molar-refractivity contribution in [3.05, 3.63) is 36.0 Å². The number of hydrogen-bond acceptors (Lipinski definition) is 2. The Labute approximate surface area is 110 Å². The molecule has 0 radical (unpaired) electrons. The van der Waals surface area contributed by atoms with Crippen molar-refractivity contribution < 1.29 is 14.7 Å². The van der Waals surface area contributed by atoms with E-state index in [1.807, 2.05) is 30.5 Å². The highest BCUT2D eigenvalue weighted by Gasteiger charge is 2.24. The normalized spacial score (nSPS) is 12.3. The number of fused-ring (bicyclic) bond motifs is 1. The van der Waals surface area contributed by atoms with Gasteiger partial charge in [-0.3, -0.25) is 9.59 Å². The quantitative estimate of drug-likeness (QED) is 0.824. The molecule has 1 amide bonds. The Morgan fingerprint density at radius 1 is 1.37 bits per heavy atom. The van der Waals surface area contributed by atoms with E-state index in [-0.39, 0.29) is 0 Å². The number of rotatable bonds is 4. The number of benzene rings is 1. The summed E-state index contributed by atoms with van der Waals surface area (Å²) >= 11 is 0. The van der Waals surface area contributed by atoms with E-state index in [9.17, 15) is 9.59 Å². The van der Waals surface area contributed by atoms with E-state index in [4.69, 9.17) is 5.11 Å². The fraction of sp³-hybridized carbons (Fsp3) is 0.286. The van der Waals surface area contributed by atoms with Gasteiger partial charge >= 0.3 is 5.97 Å². The number of carbonyl (C=O) groups excluding carboxylic acids is 1. The van der Waals surface area contributed by atoms with E-state index < -0.39 is 17.8 Å². The highest BCUT2D eigenvalue weighted by Crippen LogP contribution is 2.19. The van der Waals surface area contributed by atoms with Crippen molar-refractivity contribution in [1.82, 2.24) is 9.88 Å². The summed E-state index contributed by atoms with van der Waals surface area (Å²) in [6.07, 6.45) is 1.85. The third-order valence-electron chi connectivity index (χ3n) is 3.20. The third-order valence-corrected chi connectivity index (χ3v) is 3.20. The molecule has 0 aliphatic rings. The number of carboxylic acid groups (broad SMARTS) is 1. The number of H-pyrrole nitrogens is 1. The number of amides is 1. The largest absolute Gasteiger partial charge is 0.481 e. The molecule has 19 heavy (non-hydrogen) atoms. The maximum absolute atomic E-state index is 11.9. The Balaban J connectivity index is 2.17. The second-order valence-corrected chi connectivity index (χ2v) is 4.61. The smallest absolute Gasteiger partial charge is 0.315 e. The molecular formula is C14H16N2O3. The Hall–Kier alpha value is -2.30. The van der Waals surface area contributed by atoms with Crippen LogP contribution in [0, 0.1) is 5.92 Å². The standard InChI is InChI=1S/C14H16N2O3/c1-9(14(18)19)13(17)16(2)8-10-7-15-12-6-4-3-5-11(10)12/h3-7,9,15H,8H2,1-2H3,(H,18,19). The van der Waals surface area contributed by atoms with Gasteiger partial charge in [0.1, 0.15) is 5.92 Å². The van der Waals surface area contributed by atoms with Crippen LogP contribution in [0.3, 0.4) is 0 Å². The predicted molar refractivity (Wildman–Crippen MR) is 71.6 cm³/mol. The molecule has 1 unspecified atom stereocenters. The van der Waals surface area contributed by atoms with Crippen LogP contribution in [0.4, 0.5) is 0 Å². The zero-order chi connectivity index (χ0) is 14.0. The fourth-order valence-electron chi connectivity index (χ4n) is 2.03. The van der Waals surface area contributed by atoms with Crippen molar-refractivity contribution in [2.24, 2.45) is 5.92 Å². The molecule has 0 fully saturated rings. The Bertz CT molecular complexity index is 618. The van der Waals surface area contributed by atoms with Crippen molar-refractivity contribution >= 4 is 22.8 Å². The molecule has 1 atom stereocenters. The molecule has 2 N–H and O–H groups in total. The lowest BCUT2D eigenvalue weighted by atomic mass is 10.1. The Morgan fingerprint density at radius 2 is 2.05 bits per heavy atom. The first-order valence-corrected chi connectivity index (χ1v) is 6.03. The van der Waals surface area contributed by atoms with Crippen molar-refractivity contribution in [2.45, 2.75) is 13.5 Å². The van der Waals surface area contributed by atoms with Gasteiger partial charge in [0.25, 0.3) is 0 Å². The van der Waals surface area contributed by atoms with E-state index in [0.717, 1.165) is 16.5 Å². The lowest BCUT2D eigenvalue weighted by Gasteiger charge is -2.19. The molecule has 100 valence electrons. The zero-order valence-electron chi connectivity index (χ0n) is 10.9. The fourth-order valence-corrected chi connectivity index (χ4v) is 2.03. The monoisotopic (exact) mass is 260 g/mol. The molecule has 0 saturated carbocycles. The molecule has 5 nitrogen and oxygen atoms in total. The average Bonchev–Trinajstić information content (AvgIpc) is 2.80. The lowest BCUT2D eigenvalue weighted by molar-refractivity contribution is -0.149. The minimum absolute atomic E-state index is 0.389. The molecule has 0 aliphatic heterocycles. The van der Waals surface area contributed by atoms with Crippen LogP contribution in [0.2, 0.25) is 0 Å². The topological polar surface area (TPSA) is 73.4 Å². The van der Waals surface area contributed by atoms with Crippen LogP contribution in [-0.4, -0.2) is 33.9 Å². The summed E-state index contributed by atoms with van der Waals surface area (Å²) in [5.41, 5.74) is 1.98. The molecular weight excluding hydrogens is 244 g/mol. The minimum atomic E-state index is -1.10. The lowest BCUT2D eigenvalue weighted by Crippen LogP contribution is -2.34. The summed E-state index contributed by atoms with van der Waals surface area (Å²) in [5.74, 6) is -2.51. The van der Waals surface area contributed by atoms with Crippen LogP contribution in [0.15, 0.2) is 30.5 Å². The molecule has 2 aromatic rings. The van der Waals surface area contributed by atoms with Gasteiger partial charge in [-0.15, -0.1) is 0 Å². The van der Waals surface area contributed by atoms with Crippen LogP contribution < -0.4 is 0 Å². The summed E-state index contributed by atoms with van der Waals surface area (Å²) in [4.78, 5) is 27.3. The van der Waals surface area contributed by atoms with E-state index in [1.54, 1.807) is 7.05 Å². The van der Waals surface area contributed by atoms with Crippen molar-refractivity contribution in [2.75, 3.05) is 7.05 Å². The molecule has 5 heteroatoms. The summed E-state index contributed by atoms with van der Waals surface area (Å²) in [7, 11) is 1.61. The van der Waals surface area contributed by atoms with Crippen LogP contribution in [0.5, 0.6) is 0 Å². The number of carbonyl (C=O) groups is 2. The summed E-state index contributed by atoms with van der Waals surface area (Å²) in [6, 6.07) is 7.80. The number of aromatic nitrogens is 1. The summed E-state index contributed by atoms with van der Waals surface area (Å²) in [6.45, 7) is 1.79. The maximum Gasteiger partial charge on any atom is 0.315 e. The molecule has 0 aliphatic carbocycles. The maximum atomic E-state index is 11.9. The number of nitrogens with zero attached hydrogens (tertiary/aromatic N) is 1. The van der Waals surface area contributed by atoms with E-state index in [1.165, 1.54) is 11.8 Å². The summed E-state index contributed by atoms with van der Waals surface area (Å²) < 4.78 is 0. The van der Waals surface area contributed by atoms with E-state index in [0.29, 0.717) is 6.54 Å². The Morgan fingerprint density at radius 3 is 2.74 bits per heavy atom. The molecule has 0 saturated heterocycles. The van der Waals surface area contributed by atoms with Gasteiger partial charge in [0, 0.05) is 30.7 Å². The first-order valence-electron chi connectivity index (χ1n) is 6.03. The highest BCUT2D eigenvalue weighted by atomic mass is 16.4. The number of aromatic amines is 1. The minimum Gasteiger partial charge on any atom is -0.481 e. The molecule has 1 aromatic heterocycles. The first-order chi connectivity index (χ1) is 9.00. The summed E-state index contributed by atoms with van der Waals surface area (Å²) in [5, 5.41) is 9.89. The van der Waals surface area contributed by atoms with Gasteiger partial charge in [-0.2, -0.15) is 0 Å². The van der Waals surface area contributed by atoms with Crippen LogP contribution in [0.25, 0.3) is 10.9 Å². The van der Waals surface area contributed by atoms with Crippen molar-refractivity contribution in [3.8, 4) is 0 Å². The number of carboxylic acids is 1. The van der Waals surface area contributed by atoms with Gasteiger partial charge < -0.3 is 15.0 Å². The predicted octanol–water partition coefficient (Wildman–Crippen LogP) is 1.85. The third kappa shape index (κ3) is 2.59. The van der Waals surface area contributed by atoms with Gasteiger partial charge in [0.05, 0.1) is 0 Å². The molecule has 0 bridgehead atoms. The number of nitrogens with one attached hydrogen (secondary N) is 1. The molecule has 1 aromatic carbocycles. The second kappa shape index (κ2) is 5.14. The highest BCUT2D eigenvalue weighted by molar-refractivity contribution is 5.96. The number of aliphatic carboxylic acids is 1. The van der Waals surface area contributed by atoms with Gasteiger partial charge in [0.15, 0.2) is 0 Å². The number of hydrogen-bond donors (Lipinski definition) is 2. The van der Waals surface area contributed by atoms with Gasteiger partial charge in [-0.05, 0) is 18.6 Å². The van der Waals surface area contributed by atoms with Crippen LogP contribution >= 0.6 is 0 Å². The van der Waals surface area contributed by atoms with E-state index >= 15 is 0 Å². The first kappa shape index (κ1) is 13.1. The Kier molecular flexibility index (Phi) is 3.55. The van der Waals surface area contributed by atoms with Gasteiger partial charge in [-0.1, -0.05) is 18.2 Å². The SMILES string of the molecule is CC(C(=O)O)C(=O)N(C)Cc1c[nH]c2ccccc12. The molecule has 1 heterocycles. The van der Waals surface area contributed by atoms with Gasteiger partial charge in [-0.25, -0.2) is 0 Å². The number of para-hydroxylation sites is 1.